The molecule has 0 amide bonds. The zero-order chi connectivity index (χ0) is 17.8. The molecule has 0 saturated carbocycles. The molecule has 0 unspecified atom stereocenters. The van der Waals surface area contributed by atoms with Crippen LogP contribution in [-0.2, 0) is 6.42 Å². The molecule has 0 radical (unpaired) electrons. The summed E-state index contributed by atoms with van der Waals surface area (Å²) in [6.07, 6.45) is 8.66. The van der Waals surface area contributed by atoms with Crippen molar-refractivity contribution in [1.29, 1.82) is 5.26 Å². The highest BCUT2D eigenvalue weighted by Gasteiger charge is 2.12. The number of benzene rings is 2. The molecule has 0 N–H and O–H groups in total. The molecule has 2 heterocycles. The minimum absolute atomic E-state index is 0.701. The van der Waals surface area contributed by atoms with E-state index in [0.717, 1.165) is 12.1 Å². The number of aromatic nitrogens is 1. The molecule has 1 aliphatic heterocycles. The van der Waals surface area contributed by atoms with Gasteiger partial charge in [-0.05, 0) is 87.6 Å². The average Bonchev–Trinajstić information content (AvgIpc) is 3.34. The lowest BCUT2D eigenvalue weighted by molar-refractivity contribution is 0.330. The van der Waals surface area contributed by atoms with Crippen LogP contribution in [0.3, 0.4) is 0 Å². The number of hydrogen-bond donors (Lipinski definition) is 0. The van der Waals surface area contributed by atoms with Gasteiger partial charge < -0.3 is 9.47 Å². The molecule has 1 saturated heterocycles. The Morgan fingerprint density at radius 2 is 1.69 bits per heavy atom. The topological polar surface area (TPSA) is 32.0 Å². The molecule has 3 nitrogen and oxygen atoms in total. The fourth-order valence-corrected chi connectivity index (χ4v) is 4.02. The average molecular weight is 343 g/mol. The molecule has 3 heteroatoms. The molecular formula is C23H25N3. The van der Waals surface area contributed by atoms with Crippen molar-refractivity contribution in [3.8, 4) is 11.8 Å². The van der Waals surface area contributed by atoms with E-state index in [1.807, 2.05) is 24.3 Å². The van der Waals surface area contributed by atoms with Crippen molar-refractivity contribution in [1.82, 2.24) is 9.47 Å². The Morgan fingerprint density at radius 3 is 2.46 bits per heavy atom. The third kappa shape index (κ3) is 3.52. The van der Waals surface area contributed by atoms with Crippen LogP contribution in [-0.4, -0.2) is 29.1 Å². The Balaban J connectivity index is 1.52. The number of unbranched alkanes of at least 4 members (excludes halogenated alkanes) is 1. The largest absolute Gasteiger partial charge is 0.316 e. The Labute approximate surface area is 155 Å². The standard InChI is InChI=1S/C23H25N3/c24-17-19-10-12-21(13-11-19)26-18-20(22-8-1-2-9-23(22)26)7-3-4-14-25-15-5-6-16-25/h1-2,8-13,18H,3-7,14-16H2. The normalized spacial score (nSPS) is 14.7. The summed E-state index contributed by atoms with van der Waals surface area (Å²) in [5.41, 5.74) is 4.48. The van der Waals surface area contributed by atoms with Gasteiger partial charge in [0.15, 0.2) is 0 Å². The van der Waals surface area contributed by atoms with Crippen LogP contribution in [0, 0.1) is 11.3 Å². The number of aryl methyl sites for hydroxylation is 1. The molecule has 0 bridgehead atoms. The van der Waals surface area contributed by atoms with Gasteiger partial charge in [-0.2, -0.15) is 5.26 Å². The van der Waals surface area contributed by atoms with Gasteiger partial charge in [0, 0.05) is 17.3 Å². The summed E-state index contributed by atoms with van der Waals surface area (Å²) < 4.78 is 2.26. The van der Waals surface area contributed by atoms with Crippen LogP contribution >= 0.6 is 0 Å². The van der Waals surface area contributed by atoms with Gasteiger partial charge in [-0.15, -0.1) is 0 Å². The minimum Gasteiger partial charge on any atom is -0.316 e. The van der Waals surface area contributed by atoms with Crippen molar-refractivity contribution in [2.45, 2.75) is 32.1 Å². The van der Waals surface area contributed by atoms with Gasteiger partial charge in [-0.25, -0.2) is 0 Å². The summed E-state index contributed by atoms with van der Waals surface area (Å²) >= 11 is 0. The van der Waals surface area contributed by atoms with E-state index in [1.165, 1.54) is 61.8 Å². The highest BCUT2D eigenvalue weighted by molar-refractivity contribution is 5.85. The maximum atomic E-state index is 9.01. The van der Waals surface area contributed by atoms with Crippen LogP contribution in [0.2, 0.25) is 0 Å². The molecule has 3 aromatic rings. The first kappa shape index (κ1) is 16.9. The highest BCUT2D eigenvalue weighted by Crippen LogP contribution is 2.26. The predicted octanol–water partition coefficient (Wildman–Crippen LogP) is 4.92. The van der Waals surface area contributed by atoms with Crippen molar-refractivity contribution < 1.29 is 0 Å². The molecule has 26 heavy (non-hydrogen) atoms. The fourth-order valence-electron chi connectivity index (χ4n) is 4.02. The zero-order valence-electron chi connectivity index (χ0n) is 15.2. The molecule has 4 rings (SSSR count). The lowest BCUT2D eigenvalue weighted by atomic mass is 10.1. The number of rotatable bonds is 6. The predicted molar refractivity (Wildman–Crippen MR) is 107 cm³/mol. The molecule has 1 aromatic heterocycles. The Hall–Kier alpha value is -2.57. The van der Waals surface area contributed by atoms with Crippen LogP contribution in [0.15, 0.2) is 54.7 Å². The summed E-state index contributed by atoms with van der Waals surface area (Å²) in [6, 6.07) is 18.7. The number of nitriles is 1. The number of para-hydroxylation sites is 1. The molecule has 2 aromatic carbocycles. The molecule has 0 aliphatic carbocycles. The smallest absolute Gasteiger partial charge is 0.0991 e. The van der Waals surface area contributed by atoms with E-state index >= 15 is 0 Å². The van der Waals surface area contributed by atoms with Crippen LogP contribution in [0.1, 0.15) is 36.8 Å². The van der Waals surface area contributed by atoms with E-state index in [4.69, 9.17) is 5.26 Å². The van der Waals surface area contributed by atoms with Gasteiger partial charge in [0.05, 0.1) is 17.1 Å². The summed E-state index contributed by atoms with van der Waals surface area (Å²) in [5.74, 6) is 0. The summed E-state index contributed by atoms with van der Waals surface area (Å²) in [7, 11) is 0. The molecule has 1 fully saturated rings. The van der Waals surface area contributed by atoms with Crippen molar-refractivity contribution in [3.05, 3.63) is 65.9 Å². The SMILES string of the molecule is N#Cc1ccc(-n2cc(CCCCN3CCCC3)c3ccccc32)cc1. The monoisotopic (exact) mass is 343 g/mol. The molecular weight excluding hydrogens is 318 g/mol. The van der Waals surface area contributed by atoms with Gasteiger partial charge in [0.2, 0.25) is 0 Å². The first-order valence-electron chi connectivity index (χ1n) is 9.67. The van der Waals surface area contributed by atoms with Gasteiger partial charge in [-0.3, -0.25) is 0 Å². The summed E-state index contributed by atoms with van der Waals surface area (Å²) in [6.45, 7) is 3.82. The molecule has 132 valence electrons. The number of nitrogens with zero attached hydrogens (tertiary/aromatic N) is 3. The van der Waals surface area contributed by atoms with Crippen LogP contribution in [0.4, 0.5) is 0 Å². The van der Waals surface area contributed by atoms with Crippen molar-refractivity contribution in [2.75, 3.05) is 19.6 Å². The second-order valence-electron chi connectivity index (χ2n) is 7.21. The fraction of sp³-hybridized carbons (Fsp3) is 0.348. The van der Waals surface area contributed by atoms with Crippen LogP contribution in [0.5, 0.6) is 0 Å². The van der Waals surface area contributed by atoms with E-state index in [0.29, 0.717) is 5.56 Å². The van der Waals surface area contributed by atoms with Gasteiger partial charge >= 0.3 is 0 Å². The van der Waals surface area contributed by atoms with E-state index in [1.54, 1.807) is 0 Å². The Morgan fingerprint density at radius 1 is 0.923 bits per heavy atom. The van der Waals surface area contributed by atoms with Crippen LogP contribution < -0.4 is 0 Å². The lowest BCUT2D eigenvalue weighted by Gasteiger charge is -2.13. The third-order valence-electron chi connectivity index (χ3n) is 5.44. The van der Waals surface area contributed by atoms with Crippen molar-refractivity contribution >= 4 is 10.9 Å². The number of fused-ring (bicyclic) bond motifs is 1. The summed E-state index contributed by atoms with van der Waals surface area (Å²) in [4.78, 5) is 2.60. The first-order chi connectivity index (χ1) is 12.8. The maximum Gasteiger partial charge on any atom is 0.0991 e. The highest BCUT2D eigenvalue weighted by atomic mass is 15.1. The quantitative estimate of drug-likeness (QED) is 0.595. The zero-order valence-corrected chi connectivity index (χ0v) is 15.2. The van der Waals surface area contributed by atoms with E-state index in [2.05, 4.69) is 46.0 Å². The van der Waals surface area contributed by atoms with Crippen molar-refractivity contribution in [2.24, 2.45) is 0 Å². The molecule has 0 spiro atoms. The van der Waals surface area contributed by atoms with E-state index in [-0.39, 0.29) is 0 Å². The minimum atomic E-state index is 0.701. The van der Waals surface area contributed by atoms with E-state index < -0.39 is 0 Å². The number of hydrogen-bond acceptors (Lipinski definition) is 2. The molecule has 0 atom stereocenters. The summed E-state index contributed by atoms with van der Waals surface area (Å²) in [5, 5.41) is 10.4. The third-order valence-corrected chi connectivity index (χ3v) is 5.44. The van der Waals surface area contributed by atoms with Gasteiger partial charge in [-0.1, -0.05) is 18.2 Å². The maximum absolute atomic E-state index is 9.01. The van der Waals surface area contributed by atoms with Crippen molar-refractivity contribution in [3.63, 3.8) is 0 Å². The van der Waals surface area contributed by atoms with Gasteiger partial charge in [0.25, 0.3) is 0 Å². The second-order valence-corrected chi connectivity index (χ2v) is 7.21. The lowest BCUT2D eigenvalue weighted by Crippen LogP contribution is -2.20. The van der Waals surface area contributed by atoms with E-state index in [9.17, 15) is 0 Å². The van der Waals surface area contributed by atoms with Gasteiger partial charge in [0.1, 0.15) is 0 Å². The second kappa shape index (κ2) is 7.76. The van der Waals surface area contributed by atoms with Crippen LogP contribution in [0.25, 0.3) is 16.6 Å². The number of likely N-dealkylation sites (tertiary alicyclic amines) is 1. The first-order valence-corrected chi connectivity index (χ1v) is 9.67. The molecule has 1 aliphatic rings. The Bertz CT molecular complexity index is 909. The Kier molecular flexibility index (Phi) is 5.04.